The molecule has 1 aromatic rings. The Bertz CT molecular complexity index is 446. The molecule has 98 valence electrons. The predicted molar refractivity (Wildman–Crippen MR) is 69.7 cm³/mol. The molecule has 1 aliphatic carbocycles. The summed E-state index contributed by atoms with van der Waals surface area (Å²) in [5.74, 6) is 0.239. The van der Waals surface area contributed by atoms with Gasteiger partial charge in [0.05, 0.1) is 5.54 Å². The van der Waals surface area contributed by atoms with Gasteiger partial charge in [-0.1, -0.05) is 31.9 Å². The molecule has 0 spiro atoms. The molecule has 2 atom stereocenters. The van der Waals surface area contributed by atoms with Gasteiger partial charge in [-0.05, 0) is 36.5 Å². The molecule has 0 amide bonds. The molecule has 1 aromatic carbocycles. The van der Waals surface area contributed by atoms with Crippen molar-refractivity contribution in [3.8, 4) is 0 Å². The first kappa shape index (κ1) is 13.2. The van der Waals surface area contributed by atoms with E-state index < -0.39 is 5.54 Å². The van der Waals surface area contributed by atoms with Gasteiger partial charge < -0.3 is 5.73 Å². The zero-order valence-corrected chi connectivity index (χ0v) is 10.8. The average Bonchev–Trinajstić information content (AvgIpc) is 2.28. The van der Waals surface area contributed by atoms with Crippen LogP contribution in [0.2, 0.25) is 0 Å². The molecule has 18 heavy (non-hydrogen) atoms. The van der Waals surface area contributed by atoms with Crippen LogP contribution in [0.4, 0.5) is 4.39 Å². The number of hydrogen-bond donors (Lipinski definition) is 1. The van der Waals surface area contributed by atoms with Gasteiger partial charge in [-0.3, -0.25) is 4.79 Å². The number of nitrogens with two attached hydrogens (primary N) is 1. The van der Waals surface area contributed by atoms with E-state index in [1.807, 2.05) is 0 Å². The third kappa shape index (κ3) is 2.96. The second-order valence-electron chi connectivity index (χ2n) is 5.59. The average molecular weight is 249 g/mol. The van der Waals surface area contributed by atoms with Gasteiger partial charge in [-0.25, -0.2) is 4.39 Å². The molecule has 2 nitrogen and oxygen atoms in total. The smallest absolute Gasteiger partial charge is 0.157 e. The van der Waals surface area contributed by atoms with Crippen LogP contribution in [0.1, 0.15) is 38.2 Å². The van der Waals surface area contributed by atoms with Gasteiger partial charge in [0.1, 0.15) is 5.82 Å². The summed E-state index contributed by atoms with van der Waals surface area (Å²) in [5.41, 5.74) is 6.24. The molecule has 2 rings (SSSR count). The summed E-state index contributed by atoms with van der Waals surface area (Å²) in [7, 11) is 0. The summed E-state index contributed by atoms with van der Waals surface area (Å²) in [6.07, 6.45) is 3.90. The Balaban J connectivity index is 2.07. The first-order valence-electron chi connectivity index (χ1n) is 6.56. The Labute approximate surface area is 107 Å². The summed E-state index contributed by atoms with van der Waals surface area (Å²) in [5, 5.41) is 0. The SMILES string of the molecule is CC1CCCC(N)(C(=O)Cc2cccc(F)c2)C1. The Morgan fingerprint density at radius 2 is 2.33 bits per heavy atom. The first-order chi connectivity index (χ1) is 8.49. The fraction of sp³-hybridized carbons (Fsp3) is 0.533. The van der Waals surface area contributed by atoms with Crippen LogP contribution in [-0.4, -0.2) is 11.3 Å². The monoisotopic (exact) mass is 249 g/mol. The van der Waals surface area contributed by atoms with Crippen LogP contribution in [0.3, 0.4) is 0 Å². The van der Waals surface area contributed by atoms with Gasteiger partial charge in [0, 0.05) is 6.42 Å². The molecule has 2 N–H and O–H groups in total. The largest absolute Gasteiger partial charge is 0.319 e. The Morgan fingerprint density at radius 1 is 1.56 bits per heavy atom. The van der Waals surface area contributed by atoms with E-state index >= 15 is 0 Å². The van der Waals surface area contributed by atoms with Crippen molar-refractivity contribution in [1.82, 2.24) is 0 Å². The Morgan fingerprint density at radius 3 is 3.00 bits per heavy atom. The van der Waals surface area contributed by atoms with Crippen molar-refractivity contribution in [2.24, 2.45) is 11.7 Å². The lowest BCUT2D eigenvalue weighted by atomic mass is 9.73. The quantitative estimate of drug-likeness (QED) is 0.895. The fourth-order valence-electron chi connectivity index (χ4n) is 2.85. The lowest BCUT2D eigenvalue weighted by molar-refractivity contribution is -0.125. The van der Waals surface area contributed by atoms with Gasteiger partial charge in [0.25, 0.3) is 0 Å². The molecule has 0 bridgehead atoms. The van der Waals surface area contributed by atoms with E-state index in [-0.39, 0.29) is 18.0 Å². The maximum atomic E-state index is 13.1. The lowest BCUT2D eigenvalue weighted by Crippen LogP contribution is -2.51. The molecular formula is C15H20FNO. The minimum Gasteiger partial charge on any atom is -0.319 e. The highest BCUT2D eigenvalue weighted by Crippen LogP contribution is 2.31. The molecule has 0 radical (unpaired) electrons. The number of hydrogen-bond acceptors (Lipinski definition) is 2. The summed E-state index contributed by atoms with van der Waals surface area (Å²) in [6, 6.07) is 6.20. The Hall–Kier alpha value is -1.22. The van der Waals surface area contributed by atoms with Gasteiger partial charge in [-0.2, -0.15) is 0 Å². The van der Waals surface area contributed by atoms with Gasteiger partial charge >= 0.3 is 0 Å². The third-order valence-electron chi connectivity index (χ3n) is 3.84. The minimum atomic E-state index is -0.704. The number of carbonyl (C=O) groups is 1. The number of ketones is 1. The number of Topliss-reactive ketones (excluding diaryl/α,β-unsaturated/α-hetero) is 1. The lowest BCUT2D eigenvalue weighted by Gasteiger charge is -2.35. The molecule has 0 heterocycles. The van der Waals surface area contributed by atoms with Crippen LogP contribution in [0.5, 0.6) is 0 Å². The molecule has 1 saturated carbocycles. The van der Waals surface area contributed by atoms with E-state index in [9.17, 15) is 9.18 Å². The second kappa shape index (κ2) is 5.19. The normalized spacial score (nSPS) is 28.1. The summed E-state index contributed by atoms with van der Waals surface area (Å²) in [4.78, 5) is 12.3. The maximum Gasteiger partial charge on any atom is 0.157 e. The topological polar surface area (TPSA) is 43.1 Å². The van der Waals surface area contributed by atoms with Crippen molar-refractivity contribution >= 4 is 5.78 Å². The standard InChI is InChI=1S/C15H20FNO/c1-11-4-3-7-15(17,10-11)14(18)9-12-5-2-6-13(16)8-12/h2,5-6,8,11H,3-4,7,9-10,17H2,1H3. The number of halogens is 1. The fourth-order valence-corrected chi connectivity index (χ4v) is 2.85. The molecule has 3 heteroatoms. The van der Waals surface area contributed by atoms with Gasteiger partial charge in [-0.15, -0.1) is 0 Å². The van der Waals surface area contributed by atoms with Gasteiger partial charge in [0.2, 0.25) is 0 Å². The van der Waals surface area contributed by atoms with E-state index in [0.717, 1.165) is 25.7 Å². The van der Waals surface area contributed by atoms with E-state index in [1.165, 1.54) is 12.1 Å². The van der Waals surface area contributed by atoms with Crippen LogP contribution in [0, 0.1) is 11.7 Å². The zero-order chi connectivity index (χ0) is 13.2. The van der Waals surface area contributed by atoms with E-state index in [0.29, 0.717) is 11.5 Å². The van der Waals surface area contributed by atoms with Crippen LogP contribution < -0.4 is 5.73 Å². The number of rotatable bonds is 3. The zero-order valence-electron chi connectivity index (χ0n) is 10.8. The third-order valence-corrected chi connectivity index (χ3v) is 3.84. The van der Waals surface area contributed by atoms with E-state index in [4.69, 9.17) is 5.73 Å². The van der Waals surface area contributed by atoms with Crippen LogP contribution in [0.15, 0.2) is 24.3 Å². The van der Waals surface area contributed by atoms with E-state index in [2.05, 4.69) is 6.92 Å². The van der Waals surface area contributed by atoms with Crippen molar-refractivity contribution in [3.05, 3.63) is 35.6 Å². The van der Waals surface area contributed by atoms with E-state index in [1.54, 1.807) is 12.1 Å². The van der Waals surface area contributed by atoms with Crippen LogP contribution in [-0.2, 0) is 11.2 Å². The summed E-state index contributed by atoms with van der Waals surface area (Å²) in [6.45, 7) is 2.14. The first-order valence-corrected chi connectivity index (χ1v) is 6.56. The molecule has 1 aliphatic rings. The predicted octanol–water partition coefficient (Wildman–Crippen LogP) is 2.84. The molecule has 0 aromatic heterocycles. The highest BCUT2D eigenvalue weighted by molar-refractivity contribution is 5.90. The second-order valence-corrected chi connectivity index (χ2v) is 5.59. The minimum absolute atomic E-state index is 0.0413. The van der Waals surface area contributed by atoms with Crippen molar-refractivity contribution in [2.75, 3.05) is 0 Å². The summed E-state index contributed by atoms with van der Waals surface area (Å²) >= 11 is 0. The maximum absolute atomic E-state index is 13.1. The van der Waals surface area contributed by atoms with Crippen LogP contribution >= 0.6 is 0 Å². The van der Waals surface area contributed by atoms with Crippen LogP contribution in [0.25, 0.3) is 0 Å². The highest BCUT2D eigenvalue weighted by Gasteiger charge is 2.37. The highest BCUT2D eigenvalue weighted by atomic mass is 19.1. The van der Waals surface area contributed by atoms with Crippen molar-refractivity contribution in [3.63, 3.8) is 0 Å². The number of benzene rings is 1. The van der Waals surface area contributed by atoms with Crippen molar-refractivity contribution in [2.45, 2.75) is 44.6 Å². The van der Waals surface area contributed by atoms with Crippen molar-refractivity contribution < 1.29 is 9.18 Å². The molecule has 0 saturated heterocycles. The molecular weight excluding hydrogens is 229 g/mol. The van der Waals surface area contributed by atoms with Crippen molar-refractivity contribution in [1.29, 1.82) is 0 Å². The molecule has 0 aliphatic heterocycles. The molecule has 2 unspecified atom stereocenters. The summed E-state index contributed by atoms with van der Waals surface area (Å²) < 4.78 is 13.1. The number of carbonyl (C=O) groups excluding carboxylic acids is 1. The molecule has 1 fully saturated rings. The Kier molecular flexibility index (Phi) is 3.81. The van der Waals surface area contributed by atoms with Gasteiger partial charge in [0.15, 0.2) is 5.78 Å².